The predicted octanol–water partition coefficient (Wildman–Crippen LogP) is 4.07. The van der Waals surface area contributed by atoms with Crippen LogP contribution in [-0.4, -0.2) is 20.3 Å². The number of nitrogens with one attached hydrogen (secondary N) is 2. The molecule has 0 aliphatic carbocycles. The van der Waals surface area contributed by atoms with E-state index in [4.69, 9.17) is 11.6 Å². The number of carbonyl (C=O) groups is 1. The van der Waals surface area contributed by atoms with Crippen LogP contribution >= 0.6 is 11.6 Å². The number of anilines is 1. The Hall–Kier alpha value is -3.17. The third kappa shape index (κ3) is 3.57. The Bertz CT molecular complexity index is 1240. The van der Waals surface area contributed by atoms with Gasteiger partial charge in [-0.1, -0.05) is 17.7 Å². The van der Waals surface area contributed by atoms with Crippen LogP contribution in [0.25, 0.3) is 11.1 Å². The molecule has 0 aromatic heterocycles. The van der Waals surface area contributed by atoms with Gasteiger partial charge in [-0.2, -0.15) is 0 Å². The fraction of sp³-hybridized carbons (Fsp3) is 0.0500. The number of phenols is 2. The van der Waals surface area contributed by atoms with Crippen molar-refractivity contribution in [1.82, 2.24) is 5.32 Å². The molecule has 1 unspecified atom stereocenters. The van der Waals surface area contributed by atoms with Gasteiger partial charge in [-0.25, -0.2) is 13.0 Å². The van der Waals surface area contributed by atoms with E-state index in [9.17, 15) is 28.0 Å². The second-order valence-corrected chi connectivity index (χ2v) is 8.10. The lowest BCUT2D eigenvalue weighted by molar-refractivity contribution is 0.0950. The largest absolute Gasteiger partial charge is 0.508 e. The first-order chi connectivity index (χ1) is 14.2. The van der Waals surface area contributed by atoms with E-state index in [0.717, 1.165) is 12.1 Å². The number of carbonyl (C=O) groups excluding carboxylic acids is 1. The van der Waals surface area contributed by atoms with E-state index < -0.39 is 34.3 Å². The van der Waals surface area contributed by atoms with E-state index in [2.05, 4.69) is 10.0 Å². The summed E-state index contributed by atoms with van der Waals surface area (Å²) in [5.41, 5.74) is 0.343. The molecule has 4 bridgehead atoms. The summed E-state index contributed by atoms with van der Waals surface area (Å²) < 4.78 is 44.1. The van der Waals surface area contributed by atoms with Crippen LogP contribution in [0.15, 0.2) is 47.4 Å². The first-order valence-electron chi connectivity index (χ1n) is 8.55. The Morgan fingerprint density at radius 1 is 1.00 bits per heavy atom. The zero-order chi connectivity index (χ0) is 21.6. The van der Waals surface area contributed by atoms with Crippen LogP contribution in [0.4, 0.5) is 14.5 Å². The second kappa shape index (κ2) is 7.58. The molecular weight excluding hydrogens is 438 g/mol. The van der Waals surface area contributed by atoms with Gasteiger partial charge in [-0.15, -0.1) is 0 Å². The Morgan fingerprint density at radius 2 is 1.77 bits per heavy atom. The number of halogens is 3. The molecule has 4 N–H and O–H groups in total. The van der Waals surface area contributed by atoms with Crippen molar-refractivity contribution in [3.63, 3.8) is 0 Å². The van der Waals surface area contributed by atoms with Gasteiger partial charge in [0.15, 0.2) is 16.7 Å². The maximum Gasteiger partial charge on any atom is 0.251 e. The van der Waals surface area contributed by atoms with Gasteiger partial charge < -0.3 is 15.5 Å². The van der Waals surface area contributed by atoms with Crippen molar-refractivity contribution in [3.05, 3.63) is 70.2 Å². The molecule has 6 nitrogen and oxygen atoms in total. The highest BCUT2D eigenvalue weighted by Crippen LogP contribution is 2.36. The molecule has 0 saturated heterocycles. The summed E-state index contributed by atoms with van der Waals surface area (Å²) in [5, 5.41) is 22.4. The third-order valence-electron chi connectivity index (χ3n) is 4.57. The minimum Gasteiger partial charge on any atom is -0.508 e. The smallest absolute Gasteiger partial charge is 0.251 e. The minimum atomic E-state index is -2.22. The lowest BCUT2D eigenvalue weighted by Gasteiger charge is -2.14. The van der Waals surface area contributed by atoms with Crippen molar-refractivity contribution in [2.24, 2.45) is 0 Å². The van der Waals surface area contributed by atoms with E-state index in [-0.39, 0.29) is 39.0 Å². The number of amides is 1. The SMILES string of the molecule is O=C1NCc2cc(O)ccc2-c2cc(c(F)cc2F)NS(=O)c2cc1cc(Cl)c2O. The maximum atomic E-state index is 14.6. The molecule has 30 heavy (non-hydrogen) atoms. The van der Waals surface area contributed by atoms with Crippen LogP contribution in [0.1, 0.15) is 15.9 Å². The molecule has 0 fully saturated rings. The number of hydrogen-bond donors (Lipinski definition) is 4. The number of phenolic OH excluding ortho intramolecular Hbond substituents is 2. The van der Waals surface area contributed by atoms with Gasteiger partial charge in [0, 0.05) is 23.7 Å². The highest BCUT2D eigenvalue weighted by molar-refractivity contribution is 7.86. The molecule has 0 saturated carbocycles. The summed E-state index contributed by atoms with van der Waals surface area (Å²) in [5.74, 6) is -3.14. The zero-order valence-electron chi connectivity index (χ0n) is 15.0. The lowest BCUT2D eigenvalue weighted by atomic mass is 9.98. The second-order valence-electron chi connectivity index (χ2n) is 6.51. The fourth-order valence-electron chi connectivity index (χ4n) is 3.10. The molecule has 1 aliphatic heterocycles. The molecule has 10 heteroatoms. The normalized spacial score (nSPS) is 15.7. The number of fused-ring (bicyclic) bond motifs is 6. The van der Waals surface area contributed by atoms with Gasteiger partial charge in [0.2, 0.25) is 0 Å². The Kier molecular flexibility index (Phi) is 5.08. The molecule has 4 rings (SSSR count). The zero-order valence-corrected chi connectivity index (χ0v) is 16.6. The monoisotopic (exact) mass is 450 g/mol. The van der Waals surface area contributed by atoms with Crippen molar-refractivity contribution in [2.75, 3.05) is 4.72 Å². The molecule has 1 aliphatic rings. The van der Waals surface area contributed by atoms with Crippen LogP contribution < -0.4 is 10.0 Å². The fourth-order valence-corrected chi connectivity index (χ4v) is 4.36. The minimum absolute atomic E-state index is 0.00209. The Morgan fingerprint density at radius 3 is 2.53 bits per heavy atom. The third-order valence-corrected chi connectivity index (χ3v) is 5.97. The summed E-state index contributed by atoms with van der Waals surface area (Å²) in [4.78, 5) is 12.3. The van der Waals surface area contributed by atoms with Crippen molar-refractivity contribution in [1.29, 1.82) is 0 Å². The van der Waals surface area contributed by atoms with E-state index in [0.29, 0.717) is 17.2 Å². The number of rotatable bonds is 0. The van der Waals surface area contributed by atoms with Crippen LogP contribution in [0, 0.1) is 11.6 Å². The van der Waals surface area contributed by atoms with Crippen LogP contribution in [-0.2, 0) is 17.5 Å². The quantitative estimate of drug-likeness (QED) is 0.415. The predicted molar refractivity (Wildman–Crippen MR) is 108 cm³/mol. The highest BCUT2D eigenvalue weighted by atomic mass is 35.5. The summed E-state index contributed by atoms with van der Waals surface area (Å²) in [6, 6.07) is 8.20. The van der Waals surface area contributed by atoms with Gasteiger partial charge in [0.25, 0.3) is 5.91 Å². The standard InChI is InChI=1S/C20H13ClF2N2O4S/c21-14-4-9-5-18(19(14)27)30(29)25-17-6-13(15(22)7-16(17)23)12-2-1-11(26)3-10(12)8-24-20(9)28/h1-7,25-27H,8H2,(H,24,28). The summed E-state index contributed by atoms with van der Waals surface area (Å²) in [7, 11) is -2.22. The average Bonchev–Trinajstić information content (AvgIpc) is 2.70. The van der Waals surface area contributed by atoms with Crippen molar-refractivity contribution < 1.29 is 28.0 Å². The molecular formula is C20H13ClF2N2O4S. The molecule has 1 amide bonds. The van der Waals surface area contributed by atoms with Gasteiger partial charge in [-0.05, 0) is 41.5 Å². The number of benzene rings is 3. The molecule has 0 radical (unpaired) electrons. The van der Waals surface area contributed by atoms with Crippen molar-refractivity contribution >= 4 is 34.2 Å². The molecule has 1 atom stereocenters. The van der Waals surface area contributed by atoms with Gasteiger partial charge >= 0.3 is 0 Å². The van der Waals surface area contributed by atoms with Crippen LogP contribution in [0.5, 0.6) is 11.5 Å². The summed E-state index contributed by atoms with van der Waals surface area (Å²) in [6.07, 6.45) is 0. The first kappa shape index (κ1) is 20.1. The Balaban J connectivity index is 1.97. The molecule has 0 spiro atoms. The van der Waals surface area contributed by atoms with Gasteiger partial charge in [0.1, 0.15) is 22.3 Å². The van der Waals surface area contributed by atoms with E-state index >= 15 is 0 Å². The molecule has 3 aromatic carbocycles. The van der Waals surface area contributed by atoms with Crippen molar-refractivity contribution in [2.45, 2.75) is 11.4 Å². The summed E-state index contributed by atoms with van der Waals surface area (Å²) >= 11 is 5.96. The highest BCUT2D eigenvalue weighted by Gasteiger charge is 2.22. The molecule has 154 valence electrons. The van der Waals surface area contributed by atoms with Gasteiger partial charge in [-0.3, -0.25) is 9.52 Å². The first-order valence-corrected chi connectivity index (χ1v) is 10.1. The Labute approximate surface area is 176 Å². The maximum absolute atomic E-state index is 14.6. The van der Waals surface area contributed by atoms with Gasteiger partial charge in [0.05, 0.1) is 10.7 Å². The van der Waals surface area contributed by atoms with Crippen LogP contribution in [0.3, 0.4) is 0 Å². The molecule has 3 aromatic rings. The number of aromatic hydroxyl groups is 2. The molecule has 1 heterocycles. The summed E-state index contributed by atoms with van der Waals surface area (Å²) in [6.45, 7) is -0.0982. The van der Waals surface area contributed by atoms with E-state index in [1.165, 1.54) is 24.3 Å². The van der Waals surface area contributed by atoms with Crippen molar-refractivity contribution in [3.8, 4) is 22.6 Å². The number of hydrogen-bond acceptors (Lipinski definition) is 4. The van der Waals surface area contributed by atoms with Crippen LogP contribution in [0.2, 0.25) is 5.02 Å². The topological polar surface area (TPSA) is 98.7 Å². The average molecular weight is 451 g/mol. The van der Waals surface area contributed by atoms with E-state index in [1.54, 1.807) is 0 Å². The van der Waals surface area contributed by atoms with E-state index in [1.807, 2.05) is 0 Å². The lowest BCUT2D eigenvalue weighted by Crippen LogP contribution is -2.23.